The molecule has 238 valence electrons. The van der Waals surface area contributed by atoms with Gasteiger partial charge in [0.05, 0.1) is 28.3 Å². The summed E-state index contributed by atoms with van der Waals surface area (Å²) in [7, 11) is 0. The normalized spacial score (nSPS) is 12.3. The van der Waals surface area contributed by atoms with Gasteiger partial charge in [0.25, 0.3) is 5.91 Å². The van der Waals surface area contributed by atoms with Crippen LogP contribution in [0.1, 0.15) is 45.8 Å². The van der Waals surface area contributed by atoms with Crippen molar-refractivity contribution in [3.05, 3.63) is 186 Å². The highest BCUT2D eigenvalue weighted by Gasteiger charge is 2.40. The van der Waals surface area contributed by atoms with Gasteiger partial charge in [-0.25, -0.2) is 14.4 Å². The third kappa shape index (κ3) is 5.23. The number of fused-ring (bicyclic) bond motifs is 2. The molecule has 1 atom stereocenters. The number of benzene rings is 5. The van der Waals surface area contributed by atoms with E-state index in [0.717, 1.165) is 44.4 Å². The molecule has 0 aliphatic carbocycles. The minimum Gasteiger partial charge on any atom is -0.343 e. The summed E-state index contributed by atoms with van der Waals surface area (Å²) >= 11 is 0. The van der Waals surface area contributed by atoms with Gasteiger partial charge in [-0.15, -0.1) is 0 Å². The quantitative estimate of drug-likeness (QED) is 0.163. The molecule has 0 radical (unpaired) electrons. The van der Waals surface area contributed by atoms with Crippen molar-refractivity contribution in [2.24, 2.45) is 0 Å². The number of rotatable bonds is 8. The number of nitrogens with zero attached hydrogens (tertiary/aromatic N) is 4. The Hall–Kier alpha value is -6.41. The van der Waals surface area contributed by atoms with Crippen LogP contribution in [-0.4, -0.2) is 30.6 Å². The minimum absolute atomic E-state index is 0.0676. The molecular weight excluding hydrogens is 611 g/mol. The van der Waals surface area contributed by atoms with Crippen molar-refractivity contribution >= 4 is 27.8 Å². The molecule has 0 saturated carbocycles. The Morgan fingerprint density at radius 3 is 1.82 bits per heavy atom. The average molecular weight is 643 g/mol. The highest BCUT2D eigenvalue weighted by atomic mass is 19.1. The van der Waals surface area contributed by atoms with Gasteiger partial charge < -0.3 is 5.32 Å². The van der Waals surface area contributed by atoms with Gasteiger partial charge in [-0.05, 0) is 65.6 Å². The summed E-state index contributed by atoms with van der Waals surface area (Å²) in [5, 5.41) is 7.70. The van der Waals surface area contributed by atoms with Crippen LogP contribution >= 0.6 is 0 Å². The molecule has 8 rings (SSSR count). The van der Waals surface area contributed by atoms with Gasteiger partial charge in [-0.3, -0.25) is 19.6 Å². The Morgan fingerprint density at radius 1 is 0.735 bits per heavy atom. The predicted molar refractivity (Wildman–Crippen MR) is 190 cm³/mol. The maximum absolute atomic E-state index is 13.5. The molecular formula is C41H31FN6O. The second kappa shape index (κ2) is 12.3. The molecule has 0 aliphatic heterocycles. The van der Waals surface area contributed by atoms with Crippen molar-refractivity contribution in [2.45, 2.75) is 18.5 Å². The molecule has 3 aromatic heterocycles. The maximum atomic E-state index is 13.5. The summed E-state index contributed by atoms with van der Waals surface area (Å²) in [6.07, 6.45) is 3.55. The van der Waals surface area contributed by atoms with Gasteiger partial charge in [-0.1, -0.05) is 103 Å². The maximum Gasteiger partial charge on any atom is 0.289 e. The van der Waals surface area contributed by atoms with Gasteiger partial charge in [0.1, 0.15) is 11.4 Å². The van der Waals surface area contributed by atoms with E-state index in [2.05, 4.69) is 97.9 Å². The number of halogens is 1. The third-order valence-electron chi connectivity index (χ3n) is 9.08. The van der Waals surface area contributed by atoms with Crippen molar-refractivity contribution in [3.8, 4) is 11.3 Å². The zero-order chi connectivity index (χ0) is 33.4. The average Bonchev–Trinajstić information content (AvgIpc) is 3.75. The van der Waals surface area contributed by atoms with Crippen LogP contribution in [0.4, 0.5) is 4.39 Å². The Kier molecular flexibility index (Phi) is 7.53. The second-order valence-electron chi connectivity index (χ2n) is 12.0. The molecule has 0 fully saturated rings. The topological polar surface area (TPSA) is 88.5 Å². The number of aromatic amines is 1. The molecule has 2 N–H and O–H groups in total. The van der Waals surface area contributed by atoms with Gasteiger partial charge in [0.15, 0.2) is 0 Å². The summed E-state index contributed by atoms with van der Waals surface area (Å²) in [5.41, 5.74) is 7.02. The summed E-state index contributed by atoms with van der Waals surface area (Å²) in [5.74, 6) is -0.671. The Morgan fingerprint density at radius 2 is 1.27 bits per heavy atom. The Balaban J connectivity index is 1.37. The summed E-state index contributed by atoms with van der Waals surface area (Å²) in [6.45, 7) is 1.85. The molecule has 5 aromatic carbocycles. The Bertz CT molecular complexity index is 2290. The molecule has 0 spiro atoms. The molecule has 7 nitrogen and oxygen atoms in total. The van der Waals surface area contributed by atoms with Crippen LogP contribution < -0.4 is 5.32 Å². The number of hydrogen-bond donors (Lipinski definition) is 2. The van der Waals surface area contributed by atoms with Crippen molar-refractivity contribution in [1.29, 1.82) is 0 Å². The van der Waals surface area contributed by atoms with E-state index in [1.165, 1.54) is 12.1 Å². The van der Waals surface area contributed by atoms with Crippen LogP contribution in [-0.2, 0) is 5.54 Å². The number of nitrogens with one attached hydrogen (secondary N) is 2. The number of aromatic nitrogens is 5. The van der Waals surface area contributed by atoms with Crippen LogP contribution in [0.2, 0.25) is 0 Å². The SMILES string of the molecule is C[C@@H](NC(=O)c1nc2cc3c(-c4ccncc4)[nH]n(C(c4ccccc4)(c4ccccc4)c4ccccc4)c3cc2n1)c1ccc(F)cc1. The highest BCUT2D eigenvalue weighted by Crippen LogP contribution is 2.44. The van der Waals surface area contributed by atoms with E-state index in [1.54, 1.807) is 24.5 Å². The lowest BCUT2D eigenvalue weighted by Gasteiger charge is -2.37. The lowest BCUT2D eigenvalue weighted by molar-refractivity contribution is 0.0930. The molecule has 0 bridgehead atoms. The lowest BCUT2D eigenvalue weighted by atomic mass is 9.77. The first-order chi connectivity index (χ1) is 24.0. The standard InChI is InChI=1S/C41H31FN6O/c1-27(28-17-19-33(42)20-18-28)44-40(49)39-45-35-25-34-37(26-36(35)46-39)48(47-38(34)29-21-23-43-24-22-29)41(30-11-5-2-6-12-30,31-13-7-3-8-14-31)32-15-9-4-10-16-32/h2-27,47H,1H3,(H,44,49)/t27-/m1/s1. The van der Waals surface area contributed by atoms with E-state index >= 15 is 0 Å². The van der Waals surface area contributed by atoms with Gasteiger partial charge in [0, 0.05) is 23.3 Å². The smallest absolute Gasteiger partial charge is 0.289 e. The number of imidazole rings is 1. The van der Waals surface area contributed by atoms with Crippen molar-refractivity contribution in [1.82, 2.24) is 30.0 Å². The first-order valence-corrected chi connectivity index (χ1v) is 16.1. The van der Waals surface area contributed by atoms with E-state index in [4.69, 9.17) is 4.98 Å². The van der Waals surface area contributed by atoms with Crippen molar-refractivity contribution in [2.75, 3.05) is 0 Å². The number of H-pyrrole nitrogens is 1. The zero-order valence-electron chi connectivity index (χ0n) is 26.6. The summed E-state index contributed by atoms with van der Waals surface area (Å²) < 4.78 is 15.7. The minimum atomic E-state index is -0.828. The third-order valence-corrected chi connectivity index (χ3v) is 9.08. The second-order valence-corrected chi connectivity index (χ2v) is 12.0. The van der Waals surface area contributed by atoms with Crippen LogP contribution in [0.25, 0.3) is 33.2 Å². The van der Waals surface area contributed by atoms with Crippen LogP contribution in [0.15, 0.2) is 152 Å². The fourth-order valence-corrected chi connectivity index (χ4v) is 6.74. The first kappa shape index (κ1) is 30.0. The van der Waals surface area contributed by atoms with E-state index in [-0.39, 0.29) is 17.7 Å². The van der Waals surface area contributed by atoms with E-state index < -0.39 is 11.4 Å². The number of carbonyl (C=O) groups is 1. The highest BCUT2D eigenvalue weighted by molar-refractivity contribution is 6.03. The molecule has 0 unspecified atom stereocenters. The van der Waals surface area contributed by atoms with Gasteiger partial charge >= 0.3 is 0 Å². The van der Waals surface area contributed by atoms with E-state index in [9.17, 15) is 9.18 Å². The fourth-order valence-electron chi connectivity index (χ4n) is 6.74. The van der Waals surface area contributed by atoms with Crippen LogP contribution in [0.5, 0.6) is 0 Å². The Labute approximate surface area is 282 Å². The molecule has 1 amide bonds. The monoisotopic (exact) mass is 642 g/mol. The van der Waals surface area contributed by atoms with Crippen molar-refractivity contribution in [3.63, 3.8) is 0 Å². The molecule has 49 heavy (non-hydrogen) atoms. The van der Waals surface area contributed by atoms with E-state index in [1.807, 2.05) is 49.4 Å². The number of amides is 1. The number of carbonyl (C=O) groups excluding carboxylic acids is 1. The molecule has 0 aliphatic rings. The zero-order valence-corrected chi connectivity index (χ0v) is 26.6. The molecule has 3 heterocycles. The summed E-state index contributed by atoms with van der Waals surface area (Å²) in [4.78, 5) is 27.1. The molecule has 8 aromatic rings. The molecule has 0 saturated heterocycles. The summed E-state index contributed by atoms with van der Waals surface area (Å²) in [6, 6.07) is 45.0. The number of hydrogen-bond acceptors (Lipinski definition) is 4. The fraction of sp³-hybridized carbons (Fsp3) is 0.0732. The lowest BCUT2D eigenvalue weighted by Crippen LogP contribution is -2.38. The van der Waals surface area contributed by atoms with E-state index in [0.29, 0.717) is 11.0 Å². The predicted octanol–water partition coefficient (Wildman–Crippen LogP) is 8.44. The number of pyridine rings is 1. The first-order valence-electron chi connectivity index (χ1n) is 16.1. The largest absolute Gasteiger partial charge is 0.343 e. The van der Waals surface area contributed by atoms with Gasteiger partial charge in [-0.2, -0.15) is 0 Å². The van der Waals surface area contributed by atoms with Gasteiger partial charge in [0.2, 0.25) is 5.82 Å². The molecule has 8 heteroatoms. The van der Waals surface area contributed by atoms with Crippen LogP contribution in [0.3, 0.4) is 0 Å². The van der Waals surface area contributed by atoms with Crippen molar-refractivity contribution < 1.29 is 9.18 Å². The van der Waals surface area contributed by atoms with Crippen LogP contribution in [0, 0.1) is 5.82 Å².